The molecule has 110 valence electrons. The van der Waals surface area contributed by atoms with Crippen LogP contribution < -0.4 is 10.5 Å². The third kappa shape index (κ3) is 3.25. The number of benzene rings is 1. The van der Waals surface area contributed by atoms with Crippen LogP contribution in [0.15, 0.2) is 18.2 Å². The van der Waals surface area contributed by atoms with Gasteiger partial charge in [0.2, 0.25) is 0 Å². The summed E-state index contributed by atoms with van der Waals surface area (Å²) in [4.78, 5) is 13.6. The predicted octanol–water partition coefficient (Wildman–Crippen LogP) is 2.23. The van der Waals surface area contributed by atoms with Gasteiger partial charge in [0, 0.05) is 26.1 Å². The van der Waals surface area contributed by atoms with Gasteiger partial charge in [0.25, 0.3) is 5.91 Å². The molecule has 0 bridgehead atoms. The smallest absolute Gasteiger partial charge is 0.263 e. The molecular formula is C15H21ClN2O2. The molecule has 2 unspecified atom stereocenters. The average Bonchev–Trinajstić information content (AvgIpc) is 2.74. The molecule has 1 saturated heterocycles. The maximum atomic E-state index is 11.9. The first kappa shape index (κ1) is 15.1. The molecule has 1 amide bonds. The summed E-state index contributed by atoms with van der Waals surface area (Å²) in [7, 11) is 1.78. The minimum atomic E-state index is -0.434. The molecule has 2 atom stereocenters. The van der Waals surface area contributed by atoms with Crippen LogP contribution in [0.4, 0.5) is 0 Å². The van der Waals surface area contributed by atoms with Crippen LogP contribution in [-0.4, -0.2) is 36.5 Å². The van der Waals surface area contributed by atoms with Gasteiger partial charge in [0.1, 0.15) is 5.75 Å². The Kier molecular flexibility index (Phi) is 4.89. The van der Waals surface area contributed by atoms with E-state index in [0.29, 0.717) is 23.6 Å². The number of likely N-dealkylation sites (tertiary alicyclic amines) is 1. The number of nitrogens with two attached hydrogens (primary N) is 1. The molecule has 0 spiro atoms. The van der Waals surface area contributed by atoms with Gasteiger partial charge in [-0.25, -0.2) is 0 Å². The number of para-hydroxylation sites is 1. The van der Waals surface area contributed by atoms with Crippen molar-refractivity contribution in [3.8, 4) is 5.75 Å². The van der Waals surface area contributed by atoms with Crippen LogP contribution in [0.1, 0.15) is 25.3 Å². The van der Waals surface area contributed by atoms with Crippen molar-refractivity contribution in [2.45, 2.75) is 38.3 Å². The average molecular weight is 297 g/mol. The maximum Gasteiger partial charge on any atom is 0.263 e. The fourth-order valence-electron chi connectivity index (χ4n) is 2.32. The molecular weight excluding hydrogens is 276 g/mol. The van der Waals surface area contributed by atoms with Gasteiger partial charge in [-0.1, -0.05) is 30.7 Å². The molecule has 0 saturated carbocycles. The largest absolute Gasteiger partial charge is 0.479 e. The second-order valence-corrected chi connectivity index (χ2v) is 5.66. The molecule has 0 aliphatic carbocycles. The number of carbonyl (C=O) groups excluding carboxylic acids is 1. The van der Waals surface area contributed by atoms with E-state index < -0.39 is 6.10 Å². The number of amides is 1. The van der Waals surface area contributed by atoms with E-state index >= 15 is 0 Å². The summed E-state index contributed by atoms with van der Waals surface area (Å²) < 4.78 is 5.89. The monoisotopic (exact) mass is 296 g/mol. The Labute approximate surface area is 124 Å². The number of nitrogens with zero attached hydrogens (tertiary/aromatic N) is 1. The summed E-state index contributed by atoms with van der Waals surface area (Å²) in [6.45, 7) is 2.77. The fraction of sp³-hybridized carbons (Fsp3) is 0.533. The second-order valence-electron chi connectivity index (χ2n) is 5.26. The fourth-order valence-corrected chi connectivity index (χ4v) is 2.55. The minimum absolute atomic E-state index is 0.00987. The van der Waals surface area contributed by atoms with E-state index in [4.69, 9.17) is 22.1 Å². The lowest BCUT2D eigenvalue weighted by Crippen LogP contribution is -2.30. The van der Waals surface area contributed by atoms with Crippen LogP contribution in [0, 0.1) is 0 Å². The van der Waals surface area contributed by atoms with Gasteiger partial charge in [0.15, 0.2) is 6.10 Å². The SMILES string of the molecule is CCC(N)Cc1cccc(Cl)c1OC1CCN(C)C1=O. The Morgan fingerprint density at radius 1 is 1.55 bits per heavy atom. The van der Waals surface area contributed by atoms with Crippen molar-refractivity contribution < 1.29 is 9.53 Å². The summed E-state index contributed by atoms with van der Waals surface area (Å²) >= 11 is 6.23. The first-order chi connectivity index (χ1) is 9.52. The van der Waals surface area contributed by atoms with Crippen molar-refractivity contribution in [1.82, 2.24) is 4.90 Å². The highest BCUT2D eigenvalue weighted by molar-refractivity contribution is 6.32. The van der Waals surface area contributed by atoms with Crippen LogP contribution in [0.3, 0.4) is 0 Å². The molecule has 2 rings (SSSR count). The zero-order valence-electron chi connectivity index (χ0n) is 11.9. The molecule has 20 heavy (non-hydrogen) atoms. The van der Waals surface area contributed by atoms with Crippen LogP contribution in [0.5, 0.6) is 5.75 Å². The molecule has 1 aromatic rings. The van der Waals surface area contributed by atoms with Gasteiger partial charge < -0.3 is 15.4 Å². The first-order valence-corrected chi connectivity index (χ1v) is 7.35. The quantitative estimate of drug-likeness (QED) is 0.906. The summed E-state index contributed by atoms with van der Waals surface area (Å²) in [6.07, 6.45) is 1.84. The number of hydrogen-bond donors (Lipinski definition) is 1. The molecule has 1 aromatic carbocycles. The molecule has 0 radical (unpaired) electrons. The van der Waals surface area contributed by atoms with Gasteiger partial charge in [-0.15, -0.1) is 0 Å². The highest BCUT2D eigenvalue weighted by atomic mass is 35.5. The maximum absolute atomic E-state index is 11.9. The Bertz CT molecular complexity index is 493. The van der Waals surface area contributed by atoms with Gasteiger partial charge >= 0.3 is 0 Å². The van der Waals surface area contributed by atoms with Gasteiger partial charge in [-0.05, 0) is 24.5 Å². The number of likely N-dealkylation sites (N-methyl/N-ethyl adjacent to an activating group) is 1. The number of halogens is 1. The zero-order chi connectivity index (χ0) is 14.7. The lowest BCUT2D eigenvalue weighted by atomic mass is 10.0. The second kappa shape index (κ2) is 6.46. The Morgan fingerprint density at radius 3 is 2.90 bits per heavy atom. The van der Waals surface area contributed by atoms with Crippen molar-refractivity contribution in [1.29, 1.82) is 0 Å². The zero-order valence-corrected chi connectivity index (χ0v) is 12.7. The van der Waals surface area contributed by atoms with Crippen molar-refractivity contribution in [3.05, 3.63) is 28.8 Å². The molecule has 1 aliphatic rings. The number of hydrogen-bond acceptors (Lipinski definition) is 3. The van der Waals surface area contributed by atoms with Crippen LogP contribution >= 0.6 is 11.6 Å². The van der Waals surface area contributed by atoms with Crippen LogP contribution in [-0.2, 0) is 11.2 Å². The van der Waals surface area contributed by atoms with Crippen LogP contribution in [0.25, 0.3) is 0 Å². The van der Waals surface area contributed by atoms with E-state index in [0.717, 1.165) is 18.5 Å². The number of rotatable bonds is 5. The third-order valence-corrected chi connectivity index (χ3v) is 3.99. The van der Waals surface area contributed by atoms with E-state index in [-0.39, 0.29) is 11.9 Å². The Hall–Kier alpha value is -1.26. The van der Waals surface area contributed by atoms with Crippen molar-refractivity contribution in [2.75, 3.05) is 13.6 Å². The first-order valence-electron chi connectivity index (χ1n) is 6.97. The van der Waals surface area contributed by atoms with Crippen molar-refractivity contribution in [2.24, 2.45) is 5.73 Å². The predicted molar refractivity (Wildman–Crippen MR) is 80.1 cm³/mol. The lowest BCUT2D eigenvalue weighted by Gasteiger charge is -2.18. The van der Waals surface area contributed by atoms with E-state index in [1.54, 1.807) is 18.0 Å². The molecule has 1 heterocycles. The van der Waals surface area contributed by atoms with E-state index in [2.05, 4.69) is 0 Å². The molecule has 2 N–H and O–H groups in total. The standard InChI is InChI=1S/C15H21ClN2O2/c1-3-11(17)9-10-5-4-6-12(16)14(10)20-13-7-8-18(2)15(13)19/h4-6,11,13H,3,7-9,17H2,1-2H3. The van der Waals surface area contributed by atoms with Gasteiger partial charge in [-0.2, -0.15) is 0 Å². The molecule has 5 heteroatoms. The highest BCUT2D eigenvalue weighted by Crippen LogP contribution is 2.32. The summed E-state index contributed by atoms with van der Waals surface area (Å²) in [6, 6.07) is 5.69. The third-order valence-electron chi connectivity index (χ3n) is 3.69. The van der Waals surface area contributed by atoms with Gasteiger partial charge in [0.05, 0.1) is 5.02 Å². The number of ether oxygens (including phenoxy) is 1. The summed E-state index contributed by atoms with van der Waals surface area (Å²) in [5.74, 6) is 0.613. The van der Waals surface area contributed by atoms with E-state index in [1.165, 1.54) is 0 Å². The van der Waals surface area contributed by atoms with Crippen molar-refractivity contribution in [3.63, 3.8) is 0 Å². The minimum Gasteiger partial charge on any atom is -0.479 e. The Morgan fingerprint density at radius 2 is 2.30 bits per heavy atom. The topological polar surface area (TPSA) is 55.6 Å². The van der Waals surface area contributed by atoms with Crippen LogP contribution in [0.2, 0.25) is 5.02 Å². The normalized spacial score (nSPS) is 20.3. The number of carbonyl (C=O) groups is 1. The molecule has 1 fully saturated rings. The highest BCUT2D eigenvalue weighted by Gasteiger charge is 2.31. The Balaban J connectivity index is 2.19. The summed E-state index contributed by atoms with van der Waals surface area (Å²) in [5, 5.41) is 0.535. The molecule has 0 aromatic heterocycles. The lowest BCUT2D eigenvalue weighted by molar-refractivity contribution is -0.132. The van der Waals surface area contributed by atoms with Crippen molar-refractivity contribution >= 4 is 17.5 Å². The van der Waals surface area contributed by atoms with E-state index in [1.807, 2.05) is 19.1 Å². The van der Waals surface area contributed by atoms with Gasteiger partial charge in [-0.3, -0.25) is 4.79 Å². The van der Waals surface area contributed by atoms with E-state index in [9.17, 15) is 4.79 Å². The molecule has 1 aliphatic heterocycles. The summed E-state index contributed by atoms with van der Waals surface area (Å²) in [5.41, 5.74) is 6.97. The molecule has 4 nitrogen and oxygen atoms in total.